The van der Waals surface area contributed by atoms with Gasteiger partial charge in [0.2, 0.25) is 11.8 Å². The van der Waals surface area contributed by atoms with Gasteiger partial charge in [0.05, 0.1) is 42.5 Å². The molecule has 4 atom stereocenters. The molecule has 42 heavy (non-hydrogen) atoms. The molecule has 214 valence electrons. The molecule has 3 aliphatic rings. The summed E-state index contributed by atoms with van der Waals surface area (Å²) in [5, 5.41) is 39.9. The van der Waals surface area contributed by atoms with E-state index in [1.807, 2.05) is 36.4 Å². The molecule has 0 saturated carbocycles. The Balaban J connectivity index is 1.27. The first kappa shape index (κ1) is 28.1. The maximum Gasteiger partial charge on any atom is 0.488 e. The molecule has 1 aromatic heterocycles. The summed E-state index contributed by atoms with van der Waals surface area (Å²) >= 11 is 0. The van der Waals surface area contributed by atoms with Gasteiger partial charge in [0, 0.05) is 17.7 Å². The molecule has 3 aromatic rings. The lowest BCUT2D eigenvalue weighted by Crippen LogP contribution is -2.35. The van der Waals surface area contributed by atoms with E-state index >= 15 is 0 Å². The summed E-state index contributed by atoms with van der Waals surface area (Å²) < 4.78 is 6.26. The molecule has 2 aromatic carbocycles. The van der Waals surface area contributed by atoms with E-state index in [2.05, 4.69) is 4.98 Å². The maximum atomic E-state index is 13.8. The Morgan fingerprint density at radius 3 is 2.57 bits per heavy atom. The second-order valence-corrected chi connectivity index (χ2v) is 10.9. The van der Waals surface area contributed by atoms with E-state index in [1.54, 1.807) is 30.5 Å². The van der Waals surface area contributed by atoms with Crippen LogP contribution in [0.25, 0.3) is 11.6 Å². The first-order valence-electron chi connectivity index (χ1n) is 14.1. The zero-order chi connectivity index (χ0) is 29.4. The average molecular weight is 566 g/mol. The van der Waals surface area contributed by atoms with Gasteiger partial charge in [0.1, 0.15) is 5.75 Å². The van der Waals surface area contributed by atoms with E-state index in [1.165, 1.54) is 12.1 Å². The molecule has 3 heterocycles. The van der Waals surface area contributed by atoms with Gasteiger partial charge in [0.25, 0.3) is 0 Å². The molecular weight excluding hydrogens is 535 g/mol. The molecular formula is C32H31BN2O7. The van der Waals surface area contributed by atoms with Crippen LogP contribution in [-0.4, -0.2) is 63.5 Å². The number of aromatic nitrogens is 1. The van der Waals surface area contributed by atoms with Crippen molar-refractivity contribution in [1.29, 1.82) is 0 Å². The minimum Gasteiger partial charge on any atom is -0.507 e. The summed E-state index contributed by atoms with van der Waals surface area (Å²) in [6.45, 7) is 0.0262. The van der Waals surface area contributed by atoms with E-state index in [0.29, 0.717) is 24.1 Å². The molecule has 1 aliphatic carbocycles. The monoisotopic (exact) mass is 566 g/mol. The lowest BCUT2D eigenvalue weighted by Gasteiger charge is -2.31. The van der Waals surface area contributed by atoms with E-state index in [4.69, 9.17) is 4.74 Å². The maximum absolute atomic E-state index is 13.8. The number of aliphatic hydroxyl groups excluding tert-OH is 1. The van der Waals surface area contributed by atoms with Crippen LogP contribution in [0.15, 0.2) is 84.1 Å². The number of aromatic hydroxyl groups is 1. The summed E-state index contributed by atoms with van der Waals surface area (Å²) in [5.74, 6) is -2.12. The van der Waals surface area contributed by atoms with Crippen molar-refractivity contribution < 1.29 is 34.6 Å². The zero-order valence-corrected chi connectivity index (χ0v) is 22.8. The van der Waals surface area contributed by atoms with E-state index in [-0.39, 0.29) is 54.7 Å². The highest BCUT2D eigenvalue weighted by atomic mass is 16.5. The molecule has 2 fully saturated rings. The summed E-state index contributed by atoms with van der Waals surface area (Å²) in [5.41, 5.74) is 4.46. The fourth-order valence-electron chi connectivity index (χ4n) is 6.61. The lowest BCUT2D eigenvalue weighted by atomic mass is 9.69. The Morgan fingerprint density at radius 1 is 1.02 bits per heavy atom. The van der Waals surface area contributed by atoms with Crippen LogP contribution in [0.4, 0.5) is 5.69 Å². The minimum absolute atomic E-state index is 0.166. The third-order valence-corrected chi connectivity index (χ3v) is 8.56. The molecule has 2 aliphatic heterocycles. The first-order chi connectivity index (χ1) is 20.4. The van der Waals surface area contributed by atoms with Crippen LogP contribution in [-0.2, 0) is 14.3 Å². The van der Waals surface area contributed by atoms with Gasteiger partial charge < -0.3 is 25.0 Å². The third kappa shape index (κ3) is 5.07. The molecule has 0 radical (unpaired) electrons. The first-order valence-corrected chi connectivity index (χ1v) is 14.1. The topological polar surface area (TPSA) is 140 Å². The van der Waals surface area contributed by atoms with Crippen LogP contribution in [0.5, 0.6) is 5.75 Å². The number of pyridine rings is 1. The lowest BCUT2D eigenvalue weighted by molar-refractivity contribution is -0.122. The number of carbonyl (C=O) groups is 2. The molecule has 0 spiro atoms. The number of allylic oxidation sites excluding steroid dienone is 1. The fraction of sp³-hybridized carbons (Fsp3) is 0.281. The number of para-hydroxylation sites is 1. The summed E-state index contributed by atoms with van der Waals surface area (Å²) in [6, 6.07) is 18.9. The van der Waals surface area contributed by atoms with Gasteiger partial charge in [-0.05, 0) is 77.9 Å². The fourth-order valence-corrected chi connectivity index (χ4v) is 6.61. The van der Waals surface area contributed by atoms with Crippen LogP contribution in [0.2, 0.25) is 0 Å². The highest BCUT2D eigenvalue weighted by molar-refractivity contribution is 6.58. The van der Waals surface area contributed by atoms with E-state index < -0.39 is 19.0 Å². The van der Waals surface area contributed by atoms with Crippen LogP contribution in [0.1, 0.15) is 30.5 Å². The number of phenolic OH excluding ortho intramolecular Hbond substituents is 1. The standard InChI is InChI=1S/C32H31BN2O7/c36-17-21-15-24-30(32(39)35(31(24)38)23-8-5-7-22(16-23)33(40)41)25-18-42-28(29(21)25)12-11-19(26-9-3-4-13-34-26)14-20-6-1-2-10-27(20)37/h1-10,13-14,16,24-25,28,30,36-37,40-41H,11-12,15,17-18H2/b19-14-/t24-,25+,28-,30-/m1/s1. The van der Waals surface area contributed by atoms with Crippen LogP contribution in [0, 0.1) is 17.8 Å². The number of amides is 2. The molecule has 0 unspecified atom stereocenters. The van der Waals surface area contributed by atoms with Crippen molar-refractivity contribution in [2.75, 3.05) is 18.1 Å². The zero-order valence-electron chi connectivity index (χ0n) is 22.8. The number of hydrogen-bond donors (Lipinski definition) is 4. The van der Waals surface area contributed by atoms with Gasteiger partial charge in [-0.3, -0.25) is 19.5 Å². The SMILES string of the molecule is O=C1[C@@H]2[C@@H](CC(CO)=C3[C@@H](CC/C(=C/c4ccccc4O)c4ccccn4)OC[C@@H]32)C(=O)N1c1cccc(B(O)O)c1. The minimum atomic E-state index is -1.73. The normalized spacial score (nSPS) is 23.8. The second kappa shape index (κ2) is 11.7. The number of imide groups is 1. The molecule has 9 nitrogen and oxygen atoms in total. The van der Waals surface area contributed by atoms with Gasteiger partial charge >= 0.3 is 7.12 Å². The number of carbonyl (C=O) groups excluding carboxylic acids is 2. The van der Waals surface area contributed by atoms with Gasteiger partial charge in [0.15, 0.2) is 0 Å². The number of phenols is 1. The van der Waals surface area contributed by atoms with Crippen molar-refractivity contribution in [3.8, 4) is 5.75 Å². The van der Waals surface area contributed by atoms with Gasteiger partial charge in [-0.1, -0.05) is 36.4 Å². The Labute approximate surface area is 243 Å². The van der Waals surface area contributed by atoms with Crippen molar-refractivity contribution in [2.24, 2.45) is 17.8 Å². The molecule has 6 rings (SSSR count). The number of anilines is 1. The number of nitrogens with zero attached hydrogens (tertiary/aromatic N) is 2. The molecule has 0 bridgehead atoms. The quantitative estimate of drug-likeness (QED) is 0.185. The summed E-state index contributed by atoms with van der Waals surface area (Å²) in [4.78, 5) is 33.0. The van der Waals surface area contributed by atoms with Crippen LogP contribution >= 0.6 is 0 Å². The molecule has 4 N–H and O–H groups in total. The van der Waals surface area contributed by atoms with Crippen molar-refractivity contribution in [3.05, 3.63) is 95.3 Å². The summed E-state index contributed by atoms with van der Waals surface area (Å²) in [6.07, 6.45) is 4.67. The number of aliphatic hydroxyl groups is 1. The number of benzene rings is 2. The number of hydrogen-bond acceptors (Lipinski definition) is 8. The number of fused-ring (bicyclic) bond motifs is 3. The van der Waals surface area contributed by atoms with E-state index in [0.717, 1.165) is 27.3 Å². The highest BCUT2D eigenvalue weighted by Crippen LogP contribution is 2.50. The molecule has 2 amide bonds. The molecule has 2 saturated heterocycles. The van der Waals surface area contributed by atoms with Crippen molar-refractivity contribution in [3.63, 3.8) is 0 Å². The van der Waals surface area contributed by atoms with E-state index in [9.17, 15) is 29.9 Å². The predicted molar refractivity (Wildman–Crippen MR) is 157 cm³/mol. The van der Waals surface area contributed by atoms with Gasteiger partial charge in [-0.2, -0.15) is 0 Å². The summed E-state index contributed by atoms with van der Waals surface area (Å²) in [7, 11) is -1.73. The predicted octanol–water partition coefficient (Wildman–Crippen LogP) is 2.30. The van der Waals surface area contributed by atoms with Crippen molar-refractivity contribution in [2.45, 2.75) is 25.4 Å². The average Bonchev–Trinajstić information content (AvgIpc) is 3.54. The van der Waals surface area contributed by atoms with Crippen molar-refractivity contribution in [1.82, 2.24) is 4.98 Å². The Bertz CT molecular complexity index is 1570. The Morgan fingerprint density at radius 2 is 1.83 bits per heavy atom. The van der Waals surface area contributed by atoms with Gasteiger partial charge in [-0.15, -0.1) is 0 Å². The smallest absolute Gasteiger partial charge is 0.488 e. The second-order valence-electron chi connectivity index (χ2n) is 10.9. The van der Waals surface area contributed by atoms with Crippen molar-refractivity contribution >= 4 is 41.7 Å². The van der Waals surface area contributed by atoms with Gasteiger partial charge in [-0.25, -0.2) is 0 Å². The van der Waals surface area contributed by atoms with Crippen LogP contribution < -0.4 is 10.4 Å². The Kier molecular flexibility index (Phi) is 7.79. The molecule has 10 heteroatoms. The highest BCUT2D eigenvalue weighted by Gasteiger charge is 2.57. The number of ether oxygens (including phenoxy) is 1. The third-order valence-electron chi connectivity index (χ3n) is 8.56. The Hall–Kier alpha value is -4.09. The van der Waals surface area contributed by atoms with Crippen LogP contribution in [0.3, 0.4) is 0 Å². The number of rotatable bonds is 8. The largest absolute Gasteiger partial charge is 0.507 e.